The van der Waals surface area contributed by atoms with Crippen LogP contribution in [-0.4, -0.2) is 45.4 Å². The van der Waals surface area contributed by atoms with Crippen molar-refractivity contribution in [1.29, 1.82) is 0 Å². The second-order valence-electron chi connectivity index (χ2n) is 5.74. The normalized spacial score (nSPS) is 13.2. The van der Waals surface area contributed by atoms with Crippen LogP contribution in [0.25, 0.3) is 5.53 Å². The summed E-state index contributed by atoms with van der Waals surface area (Å²) in [6.07, 6.45) is 0.810. The minimum Gasteiger partial charge on any atom is -0.383 e. The van der Waals surface area contributed by atoms with Crippen LogP contribution in [0.3, 0.4) is 0 Å². The number of sulfone groups is 2. The van der Waals surface area contributed by atoms with Gasteiger partial charge in [-0.25, -0.2) is 16.8 Å². The summed E-state index contributed by atoms with van der Waals surface area (Å²) >= 11 is 0. The van der Waals surface area contributed by atoms with Gasteiger partial charge in [0.05, 0.1) is 15.9 Å². The lowest BCUT2D eigenvalue weighted by Crippen LogP contribution is -2.39. The fraction of sp³-hybridized carbons (Fsp3) is 0.417. The van der Waals surface area contributed by atoms with Crippen molar-refractivity contribution >= 4 is 34.2 Å². The number of rotatable bonds is 3. The summed E-state index contributed by atoms with van der Waals surface area (Å²) in [6, 6.07) is 3.96. The van der Waals surface area contributed by atoms with Crippen LogP contribution in [0.4, 0.5) is 0 Å². The quantitative estimate of drug-likeness (QED) is 0.239. The Kier molecular flexibility index (Phi) is 5.31. The Morgan fingerprint density at radius 3 is 1.79 bits per heavy atom. The molecule has 134 valence electrons. The lowest BCUT2D eigenvalue weighted by molar-refractivity contribution is 0.00366. The zero-order valence-electron chi connectivity index (χ0n) is 13.3. The molecule has 0 aromatic heterocycles. The number of hydrogen-bond acceptors (Lipinski definition) is 7. The molecule has 1 rings (SSSR count). The molecule has 0 aliphatic carbocycles. The first-order valence-electron chi connectivity index (χ1n) is 6.34. The largest absolute Gasteiger partial charge is 0.500 e. The maximum absolute atomic E-state index is 12.4. The van der Waals surface area contributed by atoms with Crippen molar-refractivity contribution in [3.05, 3.63) is 29.8 Å². The Morgan fingerprint density at radius 1 is 1.00 bits per heavy atom. The molecule has 0 spiro atoms. The van der Waals surface area contributed by atoms with E-state index < -0.39 is 43.8 Å². The zero-order chi connectivity index (χ0) is 19.0. The Balaban J connectivity index is 3.43. The molecule has 24 heavy (non-hydrogen) atoms. The summed E-state index contributed by atoms with van der Waals surface area (Å²) in [4.78, 5) is 1.97. The third kappa shape index (κ3) is 4.20. The highest BCUT2D eigenvalue weighted by Crippen LogP contribution is 2.24. The highest BCUT2D eigenvalue weighted by atomic mass is 32.3. The van der Waals surface area contributed by atoms with Gasteiger partial charge in [-0.05, 0) is 45.0 Å². The third-order valence-corrected chi connectivity index (χ3v) is 8.13. The number of nitrogens with zero attached hydrogens (tertiary/aromatic N) is 2. The molecule has 0 amide bonds. The summed E-state index contributed by atoms with van der Waals surface area (Å²) in [6.45, 7) is 3.77. The van der Waals surface area contributed by atoms with Gasteiger partial charge in [0.25, 0.3) is 19.7 Å². The van der Waals surface area contributed by atoms with Gasteiger partial charge in [0.1, 0.15) is 5.75 Å². The Hall–Kier alpha value is -1.75. The summed E-state index contributed by atoms with van der Waals surface area (Å²) in [7, 11) is -12.9. The van der Waals surface area contributed by atoms with Gasteiger partial charge in [-0.3, -0.25) is 0 Å². The standard InChI is InChI=1S/C12H16N2O7S3/c1-12(2,3)24(19,20)11(14-13)23(17,18)10-7-5-9(6-8-10)21-22(4,15)16/h5-8H,1-4H3. The first-order valence-corrected chi connectivity index (χ1v) is 11.1. The molecule has 0 heterocycles. The zero-order valence-corrected chi connectivity index (χ0v) is 15.7. The fourth-order valence-electron chi connectivity index (χ4n) is 1.46. The van der Waals surface area contributed by atoms with Gasteiger partial charge in [-0.1, -0.05) is 0 Å². The molecule has 0 N–H and O–H groups in total. The lowest BCUT2D eigenvalue weighted by atomic mass is 10.3. The van der Waals surface area contributed by atoms with Crippen LogP contribution in [0.2, 0.25) is 0 Å². The van der Waals surface area contributed by atoms with Crippen LogP contribution in [0.15, 0.2) is 29.2 Å². The van der Waals surface area contributed by atoms with Crippen molar-refractivity contribution < 1.29 is 34.2 Å². The van der Waals surface area contributed by atoms with Gasteiger partial charge in [0.2, 0.25) is 0 Å². The van der Waals surface area contributed by atoms with Crippen LogP contribution in [0.1, 0.15) is 20.8 Å². The molecule has 0 aliphatic rings. The molecular formula is C12H16N2O7S3. The van der Waals surface area contributed by atoms with Gasteiger partial charge in [0.15, 0.2) is 0 Å². The average molecular weight is 396 g/mol. The van der Waals surface area contributed by atoms with Crippen LogP contribution in [0, 0.1) is 0 Å². The predicted octanol–water partition coefficient (Wildman–Crippen LogP) is 0.598. The van der Waals surface area contributed by atoms with E-state index >= 15 is 0 Å². The Bertz CT molecular complexity index is 993. The summed E-state index contributed by atoms with van der Waals surface area (Å²) in [5.74, 6) is -0.155. The van der Waals surface area contributed by atoms with E-state index in [9.17, 15) is 25.3 Å². The van der Waals surface area contributed by atoms with Gasteiger partial charge in [-0.15, -0.1) is 4.79 Å². The van der Waals surface area contributed by atoms with Crippen LogP contribution in [0.5, 0.6) is 5.75 Å². The molecule has 0 saturated heterocycles. The van der Waals surface area contributed by atoms with Crippen molar-refractivity contribution in [2.24, 2.45) is 0 Å². The third-order valence-electron chi connectivity index (χ3n) is 2.73. The van der Waals surface area contributed by atoms with Crippen molar-refractivity contribution in [3.63, 3.8) is 0 Å². The van der Waals surface area contributed by atoms with Crippen LogP contribution < -0.4 is 4.18 Å². The van der Waals surface area contributed by atoms with Crippen LogP contribution in [-0.2, 0) is 29.8 Å². The van der Waals surface area contributed by atoms with Crippen molar-refractivity contribution in [3.8, 4) is 5.75 Å². The summed E-state index contributed by atoms with van der Waals surface area (Å²) < 4.78 is 73.1. The topological polar surface area (TPSA) is 148 Å². The maximum Gasteiger partial charge on any atom is 0.500 e. The molecule has 0 atom stereocenters. The molecule has 1 aromatic rings. The van der Waals surface area contributed by atoms with Crippen molar-refractivity contribution in [2.75, 3.05) is 6.26 Å². The Labute approximate surface area is 140 Å². The smallest absolute Gasteiger partial charge is 0.383 e. The Morgan fingerprint density at radius 2 is 1.46 bits per heavy atom. The van der Waals surface area contributed by atoms with E-state index in [0.717, 1.165) is 30.5 Å². The minimum absolute atomic E-state index is 0.155. The molecule has 12 heteroatoms. The molecule has 9 nitrogen and oxygen atoms in total. The molecule has 0 fully saturated rings. The van der Waals surface area contributed by atoms with Crippen LogP contribution >= 0.6 is 0 Å². The maximum atomic E-state index is 12.4. The minimum atomic E-state index is -4.65. The molecular weight excluding hydrogens is 380 g/mol. The van der Waals surface area contributed by atoms with E-state index in [0.29, 0.717) is 0 Å². The van der Waals surface area contributed by atoms with Gasteiger partial charge >= 0.3 is 14.5 Å². The van der Waals surface area contributed by atoms with Gasteiger partial charge in [-0.2, -0.15) is 8.42 Å². The van der Waals surface area contributed by atoms with Gasteiger partial charge in [0, 0.05) is 0 Å². The first kappa shape index (κ1) is 20.3. The fourth-order valence-corrected chi connectivity index (χ4v) is 5.55. The molecule has 1 aromatic carbocycles. The van der Waals surface area contributed by atoms with E-state index in [4.69, 9.17) is 5.53 Å². The molecule has 0 unspecified atom stereocenters. The van der Waals surface area contributed by atoms with Crippen molar-refractivity contribution in [2.45, 2.75) is 30.4 Å². The monoisotopic (exact) mass is 396 g/mol. The summed E-state index contributed by atoms with van der Waals surface area (Å²) in [5.41, 5.74) is 8.95. The number of hydrogen-bond donors (Lipinski definition) is 0. The second kappa shape index (κ2) is 6.28. The van der Waals surface area contributed by atoms with E-state index in [-0.39, 0.29) is 5.75 Å². The molecule has 0 aliphatic heterocycles. The molecule has 0 radical (unpaired) electrons. The predicted molar refractivity (Wildman–Crippen MR) is 86.4 cm³/mol. The first-order chi connectivity index (χ1) is 10.6. The van der Waals surface area contributed by atoms with E-state index in [1.807, 2.05) is 0 Å². The highest BCUT2D eigenvalue weighted by Gasteiger charge is 2.49. The average Bonchev–Trinajstić information content (AvgIpc) is 2.36. The molecule has 0 bridgehead atoms. The number of benzene rings is 1. The lowest BCUT2D eigenvalue weighted by Gasteiger charge is -2.15. The SMILES string of the molecule is CC(C)(C)S(=O)(=O)C(=[N+]=[N-])S(=O)(=O)c1ccc(OS(C)(=O)=O)cc1. The summed E-state index contributed by atoms with van der Waals surface area (Å²) in [5, 5.41) is 0. The van der Waals surface area contributed by atoms with E-state index in [2.05, 4.69) is 8.97 Å². The van der Waals surface area contributed by atoms with Crippen molar-refractivity contribution in [1.82, 2.24) is 0 Å². The second-order valence-corrected chi connectivity index (χ2v) is 12.1. The van der Waals surface area contributed by atoms with E-state index in [1.165, 1.54) is 20.8 Å². The highest BCUT2D eigenvalue weighted by molar-refractivity contribution is 8.31. The van der Waals surface area contributed by atoms with Gasteiger partial charge < -0.3 is 9.71 Å². The molecule has 0 saturated carbocycles. The van der Waals surface area contributed by atoms with E-state index in [1.54, 1.807) is 0 Å².